The van der Waals surface area contributed by atoms with Crippen molar-refractivity contribution in [3.05, 3.63) is 34.1 Å². The Morgan fingerprint density at radius 3 is 2.82 bits per heavy atom. The number of halogens is 2. The first-order chi connectivity index (χ1) is 10.2. The number of nitrogens with two attached hydrogens (primary N) is 1. The Hall–Kier alpha value is -0.990. The third-order valence-corrected chi connectivity index (χ3v) is 7.19. The van der Waals surface area contributed by atoms with Gasteiger partial charge in [0.25, 0.3) is 0 Å². The van der Waals surface area contributed by atoms with Crippen molar-refractivity contribution >= 4 is 31.6 Å². The molecule has 8 heteroatoms. The quantitative estimate of drug-likeness (QED) is 0.593. The molecule has 122 valence electrons. The highest BCUT2D eigenvalue weighted by Crippen LogP contribution is 2.33. The maximum Gasteiger partial charge on any atom is 0.166 e. The van der Waals surface area contributed by atoms with Crippen LogP contribution in [0.15, 0.2) is 22.7 Å². The first kappa shape index (κ1) is 17.4. The molecular weight excluding hydrogens is 375 g/mol. The van der Waals surface area contributed by atoms with Crippen LogP contribution in [0.1, 0.15) is 24.8 Å². The van der Waals surface area contributed by atoms with E-state index in [9.17, 15) is 12.8 Å². The molecule has 1 heterocycles. The molecule has 2 rings (SSSR count). The molecule has 1 aromatic carbocycles. The lowest BCUT2D eigenvalue weighted by molar-refractivity contribution is 0.195. The van der Waals surface area contributed by atoms with Crippen LogP contribution in [0.2, 0.25) is 0 Å². The zero-order valence-electron chi connectivity index (χ0n) is 12.1. The fourth-order valence-corrected chi connectivity index (χ4v) is 5.17. The molecule has 0 spiro atoms. The van der Waals surface area contributed by atoms with Crippen molar-refractivity contribution in [2.75, 3.05) is 19.0 Å². The predicted molar refractivity (Wildman–Crippen MR) is 86.4 cm³/mol. The maximum atomic E-state index is 13.9. The fourth-order valence-electron chi connectivity index (χ4n) is 2.64. The summed E-state index contributed by atoms with van der Waals surface area (Å²) in [6.45, 7) is 1.78. The van der Waals surface area contributed by atoms with Crippen molar-refractivity contribution in [1.29, 1.82) is 5.41 Å². The highest BCUT2D eigenvalue weighted by atomic mass is 79.9. The number of amidine groups is 1. The van der Waals surface area contributed by atoms with Gasteiger partial charge >= 0.3 is 0 Å². The maximum absolute atomic E-state index is 13.9. The molecule has 5 nitrogen and oxygen atoms in total. The second-order valence-electron chi connectivity index (χ2n) is 5.56. The Kier molecular flexibility index (Phi) is 4.93. The molecule has 0 radical (unpaired) electrons. The molecule has 0 saturated carbocycles. The van der Waals surface area contributed by atoms with Gasteiger partial charge in [-0.15, -0.1) is 0 Å². The molecular formula is C14H18BrFN2O3S. The summed E-state index contributed by atoms with van der Waals surface area (Å²) in [5, 5.41) is 7.66. The number of sulfone groups is 1. The summed E-state index contributed by atoms with van der Waals surface area (Å²) >= 11 is 3.25. The molecule has 1 saturated heterocycles. The molecule has 0 aliphatic carbocycles. The molecule has 0 amide bonds. The van der Waals surface area contributed by atoms with Crippen LogP contribution < -0.4 is 5.73 Å². The van der Waals surface area contributed by atoms with E-state index in [1.165, 1.54) is 6.07 Å². The van der Waals surface area contributed by atoms with Crippen LogP contribution >= 0.6 is 15.9 Å². The second kappa shape index (κ2) is 6.25. The van der Waals surface area contributed by atoms with E-state index in [-0.39, 0.29) is 25.4 Å². The standard InChI is InChI=1S/C14H18BrFN2O3S/c1-9(11-6-10(15)2-3-12(11)16)7-22(19,20)14(13(17)18)4-5-21-8-14/h2-3,6,9H,4-5,7-8H2,1H3,(H3,17,18)/t9-,14?/m1/s1. The SMILES string of the molecule is C[C@H](CS(=O)(=O)C1(C(=N)N)CCOC1)c1cc(Br)ccc1F. The second-order valence-corrected chi connectivity index (χ2v) is 8.82. The van der Waals surface area contributed by atoms with Crippen molar-refractivity contribution < 1.29 is 17.5 Å². The van der Waals surface area contributed by atoms with Gasteiger partial charge in [0, 0.05) is 11.1 Å². The van der Waals surface area contributed by atoms with Crippen molar-refractivity contribution in [2.24, 2.45) is 5.73 Å². The van der Waals surface area contributed by atoms with Crippen LogP contribution in [0.4, 0.5) is 4.39 Å². The van der Waals surface area contributed by atoms with Gasteiger partial charge in [0.15, 0.2) is 14.6 Å². The highest BCUT2D eigenvalue weighted by molar-refractivity contribution is 9.10. The zero-order valence-corrected chi connectivity index (χ0v) is 14.5. The van der Waals surface area contributed by atoms with Crippen molar-refractivity contribution in [3.63, 3.8) is 0 Å². The van der Waals surface area contributed by atoms with E-state index >= 15 is 0 Å². The van der Waals surface area contributed by atoms with E-state index in [0.717, 1.165) is 0 Å². The number of rotatable bonds is 5. The average Bonchev–Trinajstić information content (AvgIpc) is 2.92. The van der Waals surface area contributed by atoms with Crippen molar-refractivity contribution in [1.82, 2.24) is 0 Å². The molecule has 3 N–H and O–H groups in total. The normalized spacial score (nSPS) is 23.4. The van der Waals surface area contributed by atoms with Crippen LogP contribution in [-0.2, 0) is 14.6 Å². The highest BCUT2D eigenvalue weighted by Gasteiger charge is 2.50. The Bertz CT molecular complexity index is 687. The van der Waals surface area contributed by atoms with E-state index in [1.807, 2.05) is 0 Å². The Morgan fingerprint density at radius 2 is 2.27 bits per heavy atom. The zero-order chi connectivity index (χ0) is 16.5. The third-order valence-electron chi connectivity index (χ3n) is 4.03. The van der Waals surface area contributed by atoms with Crippen LogP contribution in [0, 0.1) is 11.2 Å². The van der Waals surface area contributed by atoms with Gasteiger partial charge in [0.2, 0.25) is 0 Å². The summed E-state index contributed by atoms with van der Waals surface area (Å²) in [6, 6.07) is 4.42. The molecule has 0 bridgehead atoms. The lowest BCUT2D eigenvalue weighted by Crippen LogP contribution is -2.52. The Morgan fingerprint density at radius 1 is 1.59 bits per heavy atom. The first-order valence-corrected chi connectivity index (χ1v) is 9.23. The Balaban J connectivity index is 2.32. The predicted octanol–water partition coefficient (Wildman–Crippen LogP) is 2.20. The van der Waals surface area contributed by atoms with E-state index in [2.05, 4.69) is 15.9 Å². The summed E-state index contributed by atoms with van der Waals surface area (Å²) in [4.78, 5) is 0. The van der Waals surface area contributed by atoms with Gasteiger partial charge in [0.05, 0.1) is 12.4 Å². The minimum Gasteiger partial charge on any atom is -0.386 e. The van der Waals surface area contributed by atoms with Crippen LogP contribution in [0.5, 0.6) is 0 Å². The van der Waals surface area contributed by atoms with Crippen molar-refractivity contribution in [3.8, 4) is 0 Å². The van der Waals surface area contributed by atoms with Gasteiger partial charge in [-0.3, -0.25) is 5.41 Å². The summed E-state index contributed by atoms with van der Waals surface area (Å²) in [7, 11) is -3.75. The van der Waals surface area contributed by atoms with Gasteiger partial charge in [0.1, 0.15) is 11.7 Å². The number of hydrogen-bond donors (Lipinski definition) is 2. The van der Waals surface area contributed by atoms with Crippen molar-refractivity contribution in [2.45, 2.75) is 24.0 Å². The van der Waals surface area contributed by atoms with Gasteiger partial charge in [-0.1, -0.05) is 22.9 Å². The Labute approximate surface area is 137 Å². The number of benzene rings is 1. The number of ether oxygens (including phenoxy) is 1. The summed E-state index contributed by atoms with van der Waals surface area (Å²) < 4.78 is 43.8. The minimum absolute atomic E-state index is 0.113. The largest absolute Gasteiger partial charge is 0.386 e. The molecule has 2 atom stereocenters. The van der Waals surface area contributed by atoms with Gasteiger partial charge in [-0.05, 0) is 36.1 Å². The van der Waals surface area contributed by atoms with Gasteiger partial charge < -0.3 is 10.5 Å². The molecule has 1 aliphatic rings. The van der Waals surface area contributed by atoms with Crippen LogP contribution in [0.25, 0.3) is 0 Å². The van der Waals surface area contributed by atoms with Gasteiger partial charge in [-0.2, -0.15) is 0 Å². The monoisotopic (exact) mass is 392 g/mol. The van der Waals surface area contributed by atoms with E-state index in [0.29, 0.717) is 10.0 Å². The van der Waals surface area contributed by atoms with E-state index < -0.39 is 32.2 Å². The lowest BCUT2D eigenvalue weighted by Gasteiger charge is -2.27. The molecule has 22 heavy (non-hydrogen) atoms. The molecule has 1 fully saturated rings. The van der Waals surface area contributed by atoms with Crippen LogP contribution in [-0.4, -0.2) is 38.0 Å². The summed E-state index contributed by atoms with van der Waals surface area (Å²) in [5.74, 6) is -1.71. The molecule has 1 aliphatic heterocycles. The number of hydrogen-bond acceptors (Lipinski definition) is 4. The third kappa shape index (κ3) is 3.04. The fraction of sp³-hybridized carbons (Fsp3) is 0.500. The summed E-state index contributed by atoms with van der Waals surface area (Å²) in [5.41, 5.74) is 5.85. The molecule has 1 unspecified atom stereocenters. The lowest BCUT2D eigenvalue weighted by atomic mass is 10.0. The first-order valence-electron chi connectivity index (χ1n) is 6.79. The van der Waals surface area contributed by atoms with Crippen LogP contribution in [0.3, 0.4) is 0 Å². The smallest absolute Gasteiger partial charge is 0.166 e. The number of nitrogens with one attached hydrogen (secondary N) is 1. The summed E-state index contributed by atoms with van der Waals surface area (Å²) in [6.07, 6.45) is 0.165. The minimum atomic E-state index is -3.75. The topological polar surface area (TPSA) is 93.2 Å². The molecule has 0 aromatic heterocycles. The van der Waals surface area contributed by atoms with E-state index in [4.69, 9.17) is 15.9 Å². The average molecular weight is 393 g/mol. The van der Waals surface area contributed by atoms with Gasteiger partial charge in [-0.25, -0.2) is 12.8 Å². The molecule has 1 aromatic rings. The van der Waals surface area contributed by atoms with E-state index in [1.54, 1.807) is 19.1 Å².